The van der Waals surface area contributed by atoms with Crippen molar-refractivity contribution in [3.05, 3.63) is 6.20 Å². The van der Waals surface area contributed by atoms with E-state index in [0.29, 0.717) is 28.9 Å². The summed E-state index contributed by atoms with van der Waals surface area (Å²) in [5, 5.41) is 0. The highest BCUT2D eigenvalue weighted by Crippen LogP contribution is 2.27. The summed E-state index contributed by atoms with van der Waals surface area (Å²) in [5.41, 5.74) is 0.973. The zero-order valence-electron chi connectivity index (χ0n) is 16.6. The first-order valence-electron chi connectivity index (χ1n) is 8.34. The molecule has 10 heteroatoms. The molecule has 0 saturated carbocycles. The molecule has 0 aromatic carbocycles. The number of hydrogen-bond donors (Lipinski definition) is 0. The van der Waals surface area contributed by atoms with E-state index in [1.807, 2.05) is 0 Å². The molecule has 25 heavy (non-hydrogen) atoms. The fourth-order valence-corrected chi connectivity index (χ4v) is 3.98. The van der Waals surface area contributed by atoms with E-state index in [2.05, 4.69) is 78.9 Å². The maximum absolute atomic E-state index is 6.10. The topological polar surface area (TPSA) is 79.2 Å². The van der Waals surface area contributed by atoms with E-state index in [-0.39, 0.29) is 0 Å². The third-order valence-electron chi connectivity index (χ3n) is 2.54. The molecule has 0 amide bonds. The highest BCUT2D eigenvalue weighted by Gasteiger charge is 2.25. The van der Waals surface area contributed by atoms with Crippen LogP contribution in [0.3, 0.4) is 0 Å². The molecule has 0 aliphatic carbocycles. The van der Waals surface area contributed by atoms with Gasteiger partial charge >= 0.3 is 6.01 Å². The lowest BCUT2D eigenvalue weighted by molar-refractivity contribution is 0.479. The van der Waals surface area contributed by atoms with E-state index < -0.39 is 25.0 Å². The SMILES string of the molecule is C[Si](C)(C)Oc1cnc2c(O[Si](C)(C)C)nc(O[Si](C)(C)C)nc2n1. The summed E-state index contributed by atoms with van der Waals surface area (Å²) >= 11 is 0. The Morgan fingerprint density at radius 2 is 1.24 bits per heavy atom. The molecule has 0 atom stereocenters. The summed E-state index contributed by atoms with van der Waals surface area (Å²) < 4.78 is 18.0. The number of nitrogens with zero attached hydrogens (tertiary/aromatic N) is 4. The van der Waals surface area contributed by atoms with Crippen molar-refractivity contribution in [2.24, 2.45) is 0 Å². The van der Waals surface area contributed by atoms with Crippen molar-refractivity contribution >= 4 is 36.1 Å². The minimum atomic E-state index is -1.88. The lowest BCUT2D eigenvalue weighted by Gasteiger charge is -2.22. The third-order valence-corrected chi connectivity index (χ3v) is 4.97. The van der Waals surface area contributed by atoms with Gasteiger partial charge in [0.2, 0.25) is 36.7 Å². The van der Waals surface area contributed by atoms with Crippen molar-refractivity contribution in [3.63, 3.8) is 0 Å². The molecule has 138 valence electrons. The Balaban J connectivity index is 2.55. The van der Waals surface area contributed by atoms with Crippen molar-refractivity contribution in [3.8, 4) is 17.8 Å². The summed E-state index contributed by atoms with van der Waals surface area (Å²) in [7, 11) is -5.52. The predicted molar refractivity (Wildman–Crippen MR) is 107 cm³/mol. The van der Waals surface area contributed by atoms with Crippen LogP contribution in [0, 0.1) is 0 Å². The molecule has 2 heterocycles. The zero-order chi connectivity index (χ0) is 19.0. The van der Waals surface area contributed by atoms with Gasteiger partial charge in [0.25, 0.3) is 0 Å². The Morgan fingerprint density at radius 3 is 1.76 bits per heavy atom. The number of fused-ring (bicyclic) bond motifs is 1. The molecule has 0 saturated heterocycles. The van der Waals surface area contributed by atoms with Gasteiger partial charge < -0.3 is 13.3 Å². The van der Waals surface area contributed by atoms with Crippen LogP contribution in [0.1, 0.15) is 0 Å². The van der Waals surface area contributed by atoms with Crippen molar-refractivity contribution < 1.29 is 13.3 Å². The van der Waals surface area contributed by atoms with Crippen LogP contribution in [-0.4, -0.2) is 44.9 Å². The molecule has 0 bridgehead atoms. The summed E-state index contributed by atoms with van der Waals surface area (Å²) in [4.78, 5) is 17.9. The molecule has 0 N–H and O–H groups in total. The quantitative estimate of drug-likeness (QED) is 0.681. The van der Waals surface area contributed by atoms with Crippen LogP contribution in [0.15, 0.2) is 6.20 Å². The third kappa shape index (κ3) is 6.36. The van der Waals surface area contributed by atoms with Crippen molar-refractivity contribution in [1.29, 1.82) is 0 Å². The van der Waals surface area contributed by atoms with Gasteiger partial charge in [-0.05, 0) is 58.9 Å². The van der Waals surface area contributed by atoms with E-state index in [9.17, 15) is 0 Å². The summed E-state index contributed by atoms with van der Waals surface area (Å²) in [6.45, 7) is 18.8. The van der Waals surface area contributed by atoms with Crippen LogP contribution in [-0.2, 0) is 0 Å². The first-order chi connectivity index (χ1) is 11.2. The van der Waals surface area contributed by atoms with Gasteiger partial charge in [0.05, 0.1) is 6.20 Å². The highest BCUT2D eigenvalue weighted by atomic mass is 28.4. The number of hydrogen-bond acceptors (Lipinski definition) is 7. The maximum atomic E-state index is 6.10. The smallest absolute Gasteiger partial charge is 0.308 e. The molecule has 0 aliphatic heterocycles. The van der Waals surface area contributed by atoms with Crippen LogP contribution < -0.4 is 13.3 Å². The molecule has 2 aromatic rings. The number of aromatic nitrogens is 4. The lowest BCUT2D eigenvalue weighted by atomic mass is 10.5. The molecular formula is C15H28N4O3Si3. The molecule has 2 aromatic heterocycles. The van der Waals surface area contributed by atoms with Gasteiger partial charge in [-0.2, -0.15) is 15.0 Å². The zero-order valence-corrected chi connectivity index (χ0v) is 19.6. The molecule has 0 radical (unpaired) electrons. The summed E-state index contributed by atoms with van der Waals surface area (Å²) in [6, 6.07) is 0.291. The monoisotopic (exact) mass is 396 g/mol. The van der Waals surface area contributed by atoms with E-state index in [0.717, 1.165) is 0 Å². The van der Waals surface area contributed by atoms with Gasteiger partial charge in [-0.3, -0.25) is 0 Å². The fraction of sp³-hybridized carbons (Fsp3) is 0.600. The second-order valence-corrected chi connectivity index (χ2v) is 22.1. The largest absolute Gasteiger partial charge is 0.530 e. The second kappa shape index (κ2) is 6.65. The first kappa shape index (κ1) is 19.8. The maximum Gasteiger partial charge on any atom is 0.308 e. The molecule has 2 rings (SSSR count). The Kier molecular flexibility index (Phi) is 5.26. The second-order valence-electron chi connectivity index (χ2n) is 8.84. The van der Waals surface area contributed by atoms with Gasteiger partial charge in [-0.25, -0.2) is 4.98 Å². The van der Waals surface area contributed by atoms with Gasteiger partial charge in [0.15, 0.2) is 11.2 Å². The molecule has 0 aliphatic rings. The van der Waals surface area contributed by atoms with E-state index in [1.165, 1.54) is 0 Å². The fourth-order valence-electron chi connectivity index (χ4n) is 1.89. The van der Waals surface area contributed by atoms with Gasteiger partial charge in [-0.15, -0.1) is 0 Å². The molecule has 0 fully saturated rings. The standard InChI is InChI=1S/C15H28N4O3Si3/c1-23(2,3)20-11-10-16-12-13(17-11)18-15(22-25(7,8)9)19-14(12)21-24(4,5)6/h10H,1-9H3. The van der Waals surface area contributed by atoms with E-state index in [1.54, 1.807) is 6.20 Å². The average molecular weight is 397 g/mol. The molecule has 0 unspecified atom stereocenters. The summed E-state index contributed by atoms with van der Waals surface area (Å²) in [6.07, 6.45) is 1.61. The van der Waals surface area contributed by atoms with Crippen LogP contribution in [0.25, 0.3) is 11.2 Å². The van der Waals surface area contributed by atoms with Crippen LogP contribution in [0.2, 0.25) is 58.9 Å². The van der Waals surface area contributed by atoms with E-state index >= 15 is 0 Å². The Hall–Kier alpha value is -1.53. The van der Waals surface area contributed by atoms with Crippen molar-refractivity contribution in [2.75, 3.05) is 0 Å². The van der Waals surface area contributed by atoms with Crippen LogP contribution in [0.5, 0.6) is 17.8 Å². The lowest BCUT2D eigenvalue weighted by Crippen LogP contribution is -2.32. The van der Waals surface area contributed by atoms with Gasteiger partial charge in [0, 0.05) is 0 Å². The van der Waals surface area contributed by atoms with E-state index in [4.69, 9.17) is 13.3 Å². The number of rotatable bonds is 6. The average Bonchev–Trinajstić information content (AvgIpc) is 2.31. The van der Waals surface area contributed by atoms with Gasteiger partial charge in [-0.1, -0.05) is 0 Å². The first-order valence-corrected chi connectivity index (χ1v) is 18.6. The molecule has 0 spiro atoms. The highest BCUT2D eigenvalue weighted by molar-refractivity contribution is 6.71. The van der Waals surface area contributed by atoms with Gasteiger partial charge in [0.1, 0.15) is 0 Å². The minimum Gasteiger partial charge on any atom is -0.530 e. The summed E-state index contributed by atoms with van der Waals surface area (Å²) in [5.74, 6) is 0.910. The molecule has 7 nitrogen and oxygen atoms in total. The Labute approximate surface area is 152 Å². The predicted octanol–water partition coefficient (Wildman–Crippen LogP) is 4.06. The molecular weight excluding hydrogens is 368 g/mol. The van der Waals surface area contributed by atoms with Crippen molar-refractivity contribution in [1.82, 2.24) is 19.9 Å². The van der Waals surface area contributed by atoms with Crippen LogP contribution in [0.4, 0.5) is 0 Å². The normalized spacial score (nSPS) is 13.0. The minimum absolute atomic E-state index is 0.291. The Morgan fingerprint density at radius 1 is 0.680 bits per heavy atom. The Bertz CT molecular complexity index is 762. The van der Waals surface area contributed by atoms with Crippen LogP contribution >= 0.6 is 0 Å². The van der Waals surface area contributed by atoms with Crippen molar-refractivity contribution in [2.45, 2.75) is 58.9 Å².